The van der Waals surface area contributed by atoms with E-state index in [1.54, 1.807) is 0 Å². The molecular weight excluding hydrogens is 409 g/mol. The number of rotatable bonds is 8. The van der Waals surface area contributed by atoms with Gasteiger partial charge in [0.25, 0.3) is 0 Å². The van der Waals surface area contributed by atoms with Crippen LogP contribution in [0.15, 0.2) is 0 Å². The molecule has 0 aliphatic heterocycles. The van der Waals surface area contributed by atoms with Crippen molar-refractivity contribution in [3.8, 4) is 0 Å². The van der Waals surface area contributed by atoms with Crippen molar-refractivity contribution in [2.24, 2.45) is 0 Å². The first kappa shape index (κ1) is 15.4. The zero-order valence-electron chi connectivity index (χ0n) is 8.54. The Hall–Kier alpha value is 1.40. The average molecular weight is 425 g/mol. The van der Waals surface area contributed by atoms with Crippen LogP contribution in [-0.2, 0) is 14.3 Å². The highest BCUT2D eigenvalue weighted by molar-refractivity contribution is 14.1. The van der Waals surface area contributed by atoms with E-state index in [1.165, 1.54) is 0 Å². The van der Waals surface area contributed by atoms with E-state index >= 15 is 0 Å². The third-order valence-corrected chi connectivity index (χ3v) is 3.38. The molecule has 0 amide bonds. The van der Waals surface area contributed by atoms with Gasteiger partial charge < -0.3 is 9.31 Å². The van der Waals surface area contributed by atoms with Crippen LogP contribution in [-0.4, -0.2) is 15.5 Å². The van der Waals surface area contributed by atoms with Crippen molar-refractivity contribution in [2.45, 2.75) is 47.8 Å². The zero-order chi connectivity index (χ0) is 11.0. The monoisotopic (exact) mass is 425 g/mol. The SMILES string of the molecule is CCCC(I)OB([O])OC(I)CCC. The molecule has 0 fully saturated rings. The van der Waals surface area contributed by atoms with Gasteiger partial charge in [0.1, 0.15) is 0 Å². The Bertz CT molecular complexity index is 126. The highest BCUT2D eigenvalue weighted by Gasteiger charge is 2.24. The van der Waals surface area contributed by atoms with Crippen LogP contribution in [0.3, 0.4) is 0 Å². The van der Waals surface area contributed by atoms with Crippen molar-refractivity contribution < 1.29 is 14.3 Å². The summed E-state index contributed by atoms with van der Waals surface area (Å²) >= 11 is 4.24. The molecule has 0 aromatic rings. The largest absolute Gasteiger partial charge is 0.668 e. The van der Waals surface area contributed by atoms with Crippen molar-refractivity contribution in [3.05, 3.63) is 0 Å². The van der Waals surface area contributed by atoms with Crippen LogP contribution in [0.5, 0.6) is 0 Å². The van der Waals surface area contributed by atoms with Gasteiger partial charge in [0.2, 0.25) is 0 Å². The molecule has 1 radical (unpaired) electrons. The molecule has 0 aliphatic rings. The average Bonchev–Trinajstić information content (AvgIpc) is 2.03. The topological polar surface area (TPSA) is 38.4 Å². The summed E-state index contributed by atoms with van der Waals surface area (Å²) in [6, 6.07) is 0. The van der Waals surface area contributed by atoms with Crippen molar-refractivity contribution >= 4 is 52.5 Å². The first-order valence-corrected chi connectivity index (χ1v) is 7.34. The minimum absolute atomic E-state index is 0.0367. The third kappa shape index (κ3) is 8.69. The molecule has 0 heterocycles. The molecule has 0 saturated carbocycles. The van der Waals surface area contributed by atoms with E-state index in [9.17, 15) is 5.02 Å². The Kier molecular flexibility index (Phi) is 10.6. The molecule has 2 atom stereocenters. The van der Waals surface area contributed by atoms with E-state index in [0.29, 0.717) is 0 Å². The predicted molar refractivity (Wildman–Crippen MR) is 74.0 cm³/mol. The summed E-state index contributed by atoms with van der Waals surface area (Å²) in [5.41, 5.74) is 0. The number of halogens is 2. The summed E-state index contributed by atoms with van der Waals surface area (Å²) < 4.78 is 10.2. The Balaban J connectivity index is 3.57. The quantitative estimate of drug-likeness (QED) is 0.339. The van der Waals surface area contributed by atoms with E-state index in [4.69, 9.17) is 9.31 Å². The fourth-order valence-corrected chi connectivity index (χ4v) is 2.59. The van der Waals surface area contributed by atoms with Crippen LogP contribution < -0.4 is 0 Å². The van der Waals surface area contributed by atoms with Gasteiger partial charge in [-0.05, 0) is 12.8 Å². The number of hydrogen-bond donors (Lipinski definition) is 0. The summed E-state index contributed by atoms with van der Waals surface area (Å²) in [4.78, 5) is 0. The van der Waals surface area contributed by atoms with E-state index in [2.05, 4.69) is 59.0 Å². The highest BCUT2D eigenvalue weighted by atomic mass is 127. The molecule has 0 saturated heterocycles. The summed E-state index contributed by atoms with van der Waals surface area (Å²) in [7, 11) is -1.34. The Morgan fingerprint density at radius 2 is 1.43 bits per heavy atom. The summed E-state index contributed by atoms with van der Waals surface area (Å²) in [6.07, 6.45) is 3.82. The number of hydrogen-bond acceptors (Lipinski definition) is 2. The molecule has 0 aromatic heterocycles. The lowest BCUT2D eigenvalue weighted by atomic mass is 10.2. The van der Waals surface area contributed by atoms with Crippen LogP contribution in [0.4, 0.5) is 0 Å². The molecule has 3 nitrogen and oxygen atoms in total. The van der Waals surface area contributed by atoms with Crippen molar-refractivity contribution in [1.82, 2.24) is 0 Å². The standard InChI is InChI=1S/C8H16BI2O3/c1-3-5-7(10)13-9(12)14-8(11)6-4-2/h7-8H,3-6H2,1-2H3. The summed E-state index contributed by atoms with van der Waals surface area (Å²) in [5.74, 6) is 0. The smallest absolute Gasteiger partial charge is 0.372 e. The molecule has 83 valence electrons. The molecule has 0 spiro atoms. The minimum Gasteiger partial charge on any atom is -0.372 e. The lowest BCUT2D eigenvalue weighted by Crippen LogP contribution is -2.27. The molecule has 2 unspecified atom stereocenters. The molecule has 0 aromatic carbocycles. The van der Waals surface area contributed by atoms with E-state index in [0.717, 1.165) is 25.7 Å². The van der Waals surface area contributed by atoms with Crippen molar-refractivity contribution in [3.63, 3.8) is 0 Å². The first-order chi connectivity index (χ1) is 6.60. The molecule has 0 aliphatic carbocycles. The first-order valence-electron chi connectivity index (χ1n) is 4.85. The molecule has 14 heavy (non-hydrogen) atoms. The number of alkyl halides is 2. The maximum absolute atomic E-state index is 11.2. The molecule has 6 heteroatoms. The van der Waals surface area contributed by atoms with Crippen LogP contribution >= 0.6 is 45.2 Å². The fourth-order valence-electron chi connectivity index (χ4n) is 0.863. The second kappa shape index (κ2) is 9.62. The van der Waals surface area contributed by atoms with Gasteiger partial charge in [0, 0.05) is 0 Å². The second-order valence-electron chi connectivity index (χ2n) is 2.96. The zero-order valence-corrected chi connectivity index (χ0v) is 12.9. The van der Waals surface area contributed by atoms with Gasteiger partial charge >= 0.3 is 7.32 Å². The Morgan fingerprint density at radius 1 is 1.07 bits per heavy atom. The van der Waals surface area contributed by atoms with Gasteiger partial charge in [-0.1, -0.05) is 71.9 Å². The molecule has 0 bridgehead atoms. The van der Waals surface area contributed by atoms with Gasteiger partial charge in [-0.2, -0.15) is 0 Å². The summed E-state index contributed by atoms with van der Waals surface area (Å²) in [5, 5.41) is 11.2. The second-order valence-corrected chi connectivity index (χ2v) is 5.74. The van der Waals surface area contributed by atoms with Crippen molar-refractivity contribution in [2.75, 3.05) is 0 Å². The Labute approximate surface area is 114 Å². The molecular formula is C8H16BI2O3. The maximum atomic E-state index is 11.2. The fraction of sp³-hybridized carbons (Fsp3) is 1.00. The third-order valence-electron chi connectivity index (χ3n) is 1.55. The lowest BCUT2D eigenvalue weighted by molar-refractivity contribution is 0.0941. The van der Waals surface area contributed by atoms with Crippen LogP contribution in [0.2, 0.25) is 0 Å². The highest BCUT2D eigenvalue weighted by Crippen LogP contribution is 2.15. The van der Waals surface area contributed by atoms with Gasteiger partial charge in [-0.15, -0.1) is 0 Å². The normalized spacial score (nSPS) is 15.2. The van der Waals surface area contributed by atoms with E-state index in [-0.39, 0.29) is 8.22 Å². The van der Waals surface area contributed by atoms with Gasteiger partial charge in [0.15, 0.2) is 0 Å². The van der Waals surface area contributed by atoms with Crippen molar-refractivity contribution in [1.29, 1.82) is 0 Å². The predicted octanol–water partition coefficient (Wildman–Crippen LogP) is 3.56. The molecule has 0 rings (SSSR count). The maximum Gasteiger partial charge on any atom is 0.668 e. The molecule has 0 N–H and O–H groups in total. The van der Waals surface area contributed by atoms with Gasteiger partial charge in [-0.3, -0.25) is 0 Å². The van der Waals surface area contributed by atoms with Gasteiger partial charge in [-0.25, -0.2) is 5.02 Å². The van der Waals surface area contributed by atoms with Crippen LogP contribution in [0.25, 0.3) is 0 Å². The minimum atomic E-state index is -1.34. The summed E-state index contributed by atoms with van der Waals surface area (Å²) in [6.45, 7) is 4.13. The van der Waals surface area contributed by atoms with Crippen LogP contribution in [0, 0.1) is 0 Å². The lowest BCUT2D eigenvalue weighted by Gasteiger charge is -2.15. The van der Waals surface area contributed by atoms with E-state index in [1.807, 2.05) is 0 Å². The Morgan fingerprint density at radius 3 is 1.71 bits per heavy atom. The van der Waals surface area contributed by atoms with Crippen LogP contribution in [0.1, 0.15) is 39.5 Å². The van der Waals surface area contributed by atoms with E-state index < -0.39 is 7.32 Å². The van der Waals surface area contributed by atoms with Gasteiger partial charge in [0.05, 0.1) is 8.22 Å².